The molecule has 0 aliphatic heterocycles. The molecule has 98 valence electrons. The van der Waals surface area contributed by atoms with E-state index in [1.54, 1.807) is 0 Å². The molecular formula is C17H24O. The largest absolute Gasteiger partial charge is 0.388 e. The van der Waals surface area contributed by atoms with E-state index in [9.17, 15) is 5.11 Å². The lowest BCUT2D eigenvalue weighted by molar-refractivity contribution is 0.0844. The van der Waals surface area contributed by atoms with Gasteiger partial charge in [0, 0.05) is 5.41 Å². The van der Waals surface area contributed by atoms with Gasteiger partial charge in [-0.15, -0.1) is 0 Å². The standard InChI is InChI=1S/C17H24O/c1-17(16(18)13-9-5-4-6-10-13)14-11-7-2-3-8-12-15(14)17/h4-6,9-10,14-16,18H,2-3,7-8,11-12H2,1H3/t14-,15+,16?,17?. The van der Waals surface area contributed by atoms with Crippen molar-refractivity contribution in [1.29, 1.82) is 0 Å². The van der Waals surface area contributed by atoms with Gasteiger partial charge in [-0.3, -0.25) is 0 Å². The van der Waals surface area contributed by atoms with Crippen molar-refractivity contribution in [1.82, 2.24) is 0 Å². The number of hydrogen-bond acceptors (Lipinski definition) is 1. The molecular weight excluding hydrogens is 220 g/mol. The van der Waals surface area contributed by atoms with Gasteiger partial charge in [-0.1, -0.05) is 62.9 Å². The van der Waals surface area contributed by atoms with Crippen LogP contribution < -0.4 is 0 Å². The normalized spacial score (nSPS) is 37.2. The average molecular weight is 244 g/mol. The Morgan fingerprint density at radius 2 is 1.56 bits per heavy atom. The number of benzene rings is 1. The second-order valence-electron chi connectivity index (χ2n) is 6.38. The van der Waals surface area contributed by atoms with E-state index in [0.29, 0.717) is 0 Å². The summed E-state index contributed by atoms with van der Waals surface area (Å²) in [4.78, 5) is 0. The minimum atomic E-state index is -0.271. The van der Waals surface area contributed by atoms with Gasteiger partial charge in [0.05, 0.1) is 6.10 Å². The maximum Gasteiger partial charge on any atom is 0.0849 e. The van der Waals surface area contributed by atoms with E-state index in [4.69, 9.17) is 0 Å². The molecule has 0 spiro atoms. The van der Waals surface area contributed by atoms with Crippen molar-refractivity contribution in [2.24, 2.45) is 17.3 Å². The van der Waals surface area contributed by atoms with Gasteiger partial charge in [0.15, 0.2) is 0 Å². The second-order valence-corrected chi connectivity index (χ2v) is 6.38. The summed E-state index contributed by atoms with van der Waals surface area (Å²) in [5.41, 5.74) is 1.25. The fraction of sp³-hybridized carbons (Fsp3) is 0.647. The van der Waals surface area contributed by atoms with Crippen molar-refractivity contribution in [3.63, 3.8) is 0 Å². The van der Waals surface area contributed by atoms with Crippen molar-refractivity contribution in [3.05, 3.63) is 35.9 Å². The Morgan fingerprint density at radius 3 is 2.11 bits per heavy atom. The maximum atomic E-state index is 10.7. The molecule has 1 nitrogen and oxygen atoms in total. The Hall–Kier alpha value is -0.820. The molecule has 1 heteroatoms. The van der Waals surface area contributed by atoms with Gasteiger partial charge in [-0.25, -0.2) is 0 Å². The lowest BCUT2D eigenvalue weighted by atomic mass is 9.90. The highest BCUT2D eigenvalue weighted by atomic mass is 16.3. The number of hydrogen-bond donors (Lipinski definition) is 1. The zero-order valence-corrected chi connectivity index (χ0v) is 11.3. The first kappa shape index (κ1) is 12.2. The minimum absolute atomic E-state index is 0.145. The first-order valence-electron chi connectivity index (χ1n) is 7.47. The molecule has 0 aromatic heterocycles. The summed E-state index contributed by atoms with van der Waals surface area (Å²) in [6.07, 6.45) is 7.88. The molecule has 1 aromatic rings. The molecule has 0 radical (unpaired) electrons. The zero-order chi connectivity index (χ0) is 12.6. The lowest BCUT2D eigenvalue weighted by Gasteiger charge is -2.21. The third kappa shape index (κ3) is 1.89. The second kappa shape index (κ2) is 4.70. The van der Waals surface area contributed by atoms with Crippen molar-refractivity contribution < 1.29 is 5.11 Å². The topological polar surface area (TPSA) is 20.2 Å². The van der Waals surface area contributed by atoms with Crippen molar-refractivity contribution in [2.75, 3.05) is 0 Å². The number of aliphatic hydroxyl groups is 1. The van der Waals surface area contributed by atoms with Crippen LogP contribution in [0.5, 0.6) is 0 Å². The van der Waals surface area contributed by atoms with E-state index in [1.165, 1.54) is 38.5 Å². The molecule has 3 rings (SSSR count). The monoisotopic (exact) mass is 244 g/mol. The zero-order valence-electron chi connectivity index (χ0n) is 11.3. The molecule has 2 aliphatic carbocycles. The van der Waals surface area contributed by atoms with Crippen LogP contribution in [0.15, 0.2) is 30.3 Å². The van der Waals surface area contributed by atoms with Crippen LogP contribution in [0.3, 0.4) is 0 Å². The summed E-state index contributed by atoms with van der Waals surface area (Å²) < 4.78 is 0. The Labute approximate surface area is 110 Å². The van der Waals surface area contributed by atoms with E-state index in [-0.39, 0.29) is 11.5 Å². The van der Waals surface area contributed by atoms with E-state index in [0.717, 1.165) is 17.4 Å². The van der Waals surface area contributed by atoms with Gasteiger partial charge in [-0.05, 0) is 30.2 Å². The van der Waals surface area contributed by atoms with Crippen LogP contribution in [-0.4, -0.2) is 5.11 Å². The Morgan fingerprint density at radius 1 is 1.00 bits per heavy atom. The Balaban J connectivity index is 1.79. The summed E-state index contributed by atoms with van der Waals surface area (Å²) >= 11 is 0. The summed E-state index contributed by atoms with van der Waals surface area (Å²) in [7, 11) is 0. The van der Waals surface area contributed by atoms with E-state index >= 15 is 0 Å². The summed E-state index contributed by atoms with van der Waals surface area (Å²) in [6, 6.07) is 10.2. The van der Waals surface area contributed by atoms with Gasteiger partial charge in [0.1, 0.15) is 0 Å². The smallest absolute Gasteiger partial charge is 0.0849 e. The van der Waals surface area contributed by atoms with Gasteiger partial charge >= 0.3 is 0 Å². The molecule has 0 amide bonds. The number of rotatable bonds is 2. The van der Waals surface area contributed by atoms with Crippen molar-refractivity contribution in [2.45, 2.75) is 51.6 Å². The fourth-order valence-corrected chi connectivity index (χ4v) is 4.23. The fourth-order valence-electron chi connectivity index (χ4n) is 4.23. The molecule has 4 atom stereocenters. The van der Waals surface area contributed by atoms with E-state index in [1.807, 2.05) is 18.2 Å². The van der Waals surface area contributed by atoms with Gasteiger partial charge in [0.2, 0.25) is 0 Å². The predicted octanol–water partition coefficient (Wildman–Crippen LogP) is 4.33. The van der Waals surface area contributed by atoms with E-state index in [2.05, 4.69) is 19.1 Å². The molecule has 2 unspecified atom stereocenters. The SMILES string of the molecule is CC1(C(O)c2ccccc2)[C@@H]2CCCCCC[C@@H]21. The molecule has 2 fully saturated rings. The third-order valence-corrected chi connectivity index (χ3v) is 5.46. The predicted molar refractivity (Wildman–Crippen MR) is 74.2 cm³/mol. The van der Waals surface area contributed by atoms with Crippen LogP contribution in [0.4, 0.5) is 0 Å². The van der Waals surface area contributed by atoms with Crippen molar-refractivity contribution in [3.8, 4) is 0 Å². The molecule has 18 heavy (non-hydrogen) atoms. The molecule has 1 aromatic carbocycles. The van der Waals surface area contributed by atoms with Gasteiger partial charge < -0.3 is 5.11 Å². The first-order chi connectivity index (χ1) is 8.74. The van der Waals surface area contributed by atoms with Crippen molar-refractivity contribution >= 4 is 0 Å². The average Bonchev–Trinajstić information content (AvgIpc) is 2.92. The van der Waals surface area contributed by atoms with Crippen LogP contribution in [0.1, 0.15) is 57.1 Å². The molecule has 0 heterocycles. The Kier molecular flexibility index (Phi) is 3.19. The molecule has 0 bridgehead atoms. The van der Waals surface area contributed by atoms with Crippen LogP contribution >= 0.6 is 0 Å². The maximum absolute atomic E-state index is 10.7. The summed E-state index contributed by atoms with van der Waals surface area (Å²) in [5, 5.41) is 10.7. The summed E-state index contributed by atoms with van der Waals surface area (Å²) in [6.45, 7) is 2.31. The lowest BCUT2D eigenvalue weighted by Crippen LogP contribution is -2.14. The highest BCUT2D eigenvalue weighted by Gasteiger charge is 2.63. The summed E-state index contributed by atoms with van der Waals surface area (Å²) in [5.74, 6) is 1.51. The van der Waals surface area contributed by atoms with Crippen LogP contribution in [0, 0.1) is 17.3 Å². The van der Waals surface area contributed by atoms with Gasteiger partial charge in [0.25, 0.3) is 0 Å². The Bertz CT molecular complexity index is 383. The number of aliphatic hydroxyl groups excluding tert-OH is 1. The van der Waals surface area contributed by atoms with Crippen LogP contribution in [0.25, 0.3) is 0 Å². The third-order valence-electron chi connectivity index (χ3n) is 5.46. The highest BCUT2D eigenvalue weighted by molar-refractivity contribution is 5.25. The van der Waals surface area contributed by atoms with Crippen LogP contribution in [-0.2, 0) is 0 Å². The molecule has 2 aliphatic rings. The van der Waals surface area contributed by atoms with E-state index < -0.39 is 0 Å². The highest BCUT2D eigenvalue weighted by Crippen LogP contribution is 2.68. The molecule has 1 N–H and O–H groups in total. The van der Waals surface area contributed by atoms with Gasteiger partial charge in [-0.2, -0.15) is 0 Å². The van der Waals surface area contributed by atoms with Crippen LogP contribution in [0.2, 0.25) is 0 Å². The quantitative estimate of drug-likeness (QED) is 0.821. The number of fused-ring (bicyclic) bond motifs is 1. The minimum Gasteiger partial charge on any atom is -0.388 e. The first-order valence-corrected chi connectivity index (χ1v) is 7.47. The molecule has 0 saturated heterocycles. The molecule has 2 saturated carbocycles.